The number of anilines is 1. The van der Waals surface area contributed by atoms with E-state index in [1.165, 1.54) is 16.8 Å². The summed E-state index contributed by atoms with van der Waals surface area (Å²) in [6.45, 7) is 5.15. The summed E-state index contributed by atoms with van der Waals surface area (Å²) in [5.74, 6) is -1.94. The molecule has 0 saturated heterocycles. The van der Waals surface area contributed by atoms with Crippen LogP contribution < -0.4 is 9.81 Å². The molecule has 1 atom stereocenters. The highest BCUT2D eigenvalue weighted by atomic mass is 32.1. The van der Waals surface area contributed by atoms with Gasteiger partial charge in [-0.2, -0.15) is 0 Å². The van der Waals surface area contributed by atoms with E-state index in [1.54, 1.807) is 51.3 Å². The Hall–Kier alpha value is -3.01. The predicted molar refractivity (Wildman–Crippen MR) is 129 cm³/mol. The highest BCUT2D eigenvalue weighted by Gasteiger charge is 2.33. The molecule has 1 unspecified atom stereocenters. The Morgan fingerprint density at radius 2 is 1.76 bits per heavy atom. The Balaban J connectivity index is 1.94. The molecular weight excluding hydrogens is 447 g/mol. The lowest BCUT2D eigenvalue weighted by Gasteiger charge is -2.32. The second kappa shape index (κ2) is 9.47. The Morgan fingerprint density at radius 1 is 1.12 bits per heavy atom. The lowest BCUT2D eigenvalue weighted by molar-refractivity contribution is -0.123. The molecule has 0 bridgehead atoms. The third-order valence-electron chi connectivity index (χ3n) is 4.98. The first-order valence-corrected chi connectivity index (χ1v) is 11.2. The molecule has 0 saturated carbocycles. The molecular formula is C23H26BF2N3O3S. The van der Waals surface area contributed by atoms with Crippen LogP contribution in [0, 0.1) is 11.6 Å². The van der Waals surface area contributed by atoms with Gasteiger partial charge in [0.2, 0.25) is 5.91 Å². The molecule has 0 fully saturated rings. The molecule has 0 aliphatic heterocycles. The number of rotatable bonds is 5. The number of benzene rings is 2. The summed E-state index contributed by atoms with van der Waals surface area (Å²) in [6, 6.07) is 7.47. The summed E-state index contributed by atoms with van der Waals surface area (Å²) in [5.41, 5.74) is 0.827. The van der Waals surface area contributed by atoms with E-state index in [-0.39, 0.29) is 12.0 Å². The standard InChI is InChI=1S/C23H26BF2N3O3S/c1-23(2,3)32-22(31)29(5)18(10-13-8-14(25)11-15(26)9-13)20(30)28(4)16-6-7-19-17(12-16)27-21(24)33-19/h6-9,11-12,18H,10,24H2,1-5H3. The number of ether oxygens (including phenoxy) is 1. The van der Waals surface area contributed by atoms with E-state index in [1.807, 2.05) is 13.9 Å². The van der Waals surface area contributed by atoms with Crippen molar-refractivity contribution in [2.24, 2.45) is 0 Å². The predicted octanol–water partition coefficient (Wildman–Crippen LogP) is 3.27. The SMILES string of the molecule is Bc1nc2cc(N(C)C(=O)C(Cc3cc(F)cc(F)c3)N(C)C(=O)OC(C)(C)C)ccc2s1. The maximum absolute atomic E-state index is 13.8. The van der Waals surface area contributed by atoms with Crippen molar-refractivity contribution in [3.8, 4) is 0 Å². The number of hydrogen-bond donors (Lipinski definition) is 0. The molecule has 0 aliphatic rings. The number of fused-ring (bicyclic) bond motifs is 1. The Kier molecular flexibility index (Phi) is 7.07. The number of aromatic nitrogens is 1. The number of carbonyl (C=O) groups is 2. The smallest absolute Gasteiger partial charge is 0.410 e. The largest absolute Gasteiger partial charge is 0.444 e. The second-order valence-corrected chi connectivity index (χ2v) is 10.1. The average Bonchev–Trinajstić information content (AvgIpc) is 3.07. The lowest BCUT2D eigenvalue weighted by Crippen LogP contribution is -2.50. The van der Waals surface area contributed by atoms with Gasteiger partial charge in [0.25, 0.3) is 0 Å². The van der Waals surface area contributed by atoms with Crippen LogP contribution in [0.1, 0.15) is 26.3 Å². The number of hydrogen-bond acceptors (Lipinski definition) is 5. The van der Waals surface area contributed by atoms with Gasteiger partial charge in [0.1, 0.15) is 23.3 Å². The molecule has 2 aromatic carbocycles. The van der Waals surface area contributed by atoms with Gasteiger partial charge in [-0.05, 0) is 56.7 Å². The number of halogens is 2. The number of thiazole rings is 1. The van der Waals surface area contributed by atoms with E-state index in [4.69, 9.17) is 4.74 Å². The second-order valence-electron chi connectivity index (χ2n) is 8.87. The van der Waals surface area contributed by atoms with E-state index in [0.717, 1.165) is 33.3 Å². The number of likely N-dealkylation sites (N-methyl/N-ethyl adjacent to an activating group) is 2. The van der Waals surface area contributed by atoms with Gasteiger partial charge in [-0.1, -0.05) is 0 Å². The van der Waals surface area contributed by atoms with E-state index in [0.29, 0.717) is 5.69 Å². The molecule has 3 rings (SSSR count). The fourth-order valence-corrected chi connectivity index (χ4v) is 4.20. The molecule has 0 N–H and O–H groups in total. The maximum Gasteiger partial charge on any atom is 0.410 e. The van der Waals surface area contributed by atoms with Crippen LogP contribution in [0.2, 0.25) is 0 Å². The molecule has 33 heavy (non-hydrogen) atoms. The van der Waals surface area contributed by atoms with Crippen molar-refractivity contribution >= 4 is 52.0 Å². The van der Waals surface area contributed by atoms with Crippen molar-refractivity contribution in [3.05, 3.63) is 53.6 Å². The molecule has 0 spiro atoms. The summed E-state index contributed by atoms with van der Waals surface area (Å²) in [4.78, 5) is 34.2. The fraction of sp³-hybridized carbons (Fsp3) is 0.348. The first-order chi connectivity index (χ1) is 15.3. The first kappa shape index (κ1) is 24.6. The maximum atomic E-state index is 13.8. The zero-order valence-corrected chi connectivity index (χ0v) is 20.3. The summed E-state index contributed by atoms with van der Waals surface area (Å²) in [5, 5.41) is 0. The van der Waals surface area contributed by atoms with Crippen molar-refractivity contribution in [2.75, 3.05) is 19.0 Å². The minimum atomic E-state index is -1.06. The topological polar surface area (TPSA) is 62.7 Å². The molecule has 2 amide bonds. The average molecular weight is 473 g/mol. The Bertz CT molecular complexity index is 1180. The van der Waals surface area contributed by atoms with Crippen molar-refractivity contribution in [2.45, 2.75) is 38.8 Å². The summed E-state index contributed by atoms with van der Waals surface area (Å²) in [6.07, 6.45) is -0.803. The number of nitrogens with zero attached hydrogens (tertiary/aromatic N) is 3. The quantitative estimate of drug-likeness (QED) is 0.534. The van der Waals surface area contributed by atoms with Gasteiger partial charge in [-0.25, -0.2) is 13.6 Å². The highest BCUT2D eigenvalue weighted by Crippen LogP contribution is 2.24. The lowest BCUT2D eigenvalue weighted by atomic mass is 10.0. The molecule has 1 heterocycles. The number of carbonyl (C=O) groups excluding carboxylic acids is 2. The summed E-state index contributed by atoms with van der Waals surface area (Å²) in [7, 11) is 4.93. The van der Waals surface area contributed by atoms with Crippen LogP contribution in [0.15, 0.2) is 36.4 Å². The van der Waals surface area contributed by atoms with E-state index in [2.05, 4.69) is 4.98 Å². The van der Waals surface area contributed by atoms with Gasteiger partial charge in [0.15, 0.2) is 7.85 Å². The van der Waals surface area contributed by atoms with Crippen LogP contribution >= 0.6 is 11.3 Å². The third-order valence-corrected chi connectivity index (χ3v) is 5.93. The zero-order valence-electron chi connectivity index (χ0n) is 19.5. The van der Waals surface area contributed by atoms with Crippen LogP contribution in [0.3, 0.4) is 0 Å². The van der Waals surface area contributed by atoms with Crippen LogP contribution in [0.5, 0.6) is 0 Å². The van der Waals surface area contributed by atoms with Gasteiger partial charge in [-0.15, -0.1) is 11.3 Å². The molecule has 0 aliphatic carbocycles. The minimum Gasteiger partial charge on any atom is -0.444 e. The van der Waals surface area contributed by atoms with Gasteiger partial charge < -0.3 is 9.64 Å². The van der Waals surface area contributed by atoms with Gasteiger partial charge in [-0.3, -0.25) is 14.7 Å². The van der Waals surface area contributed by atoms with Crippen LogP contribution in [0.4, 0.5) is 19.3 Å². The van der Waals surface area contributed by atoms with Crippen LogP contribution in [-0.4, -0.2) is 55.5 Å². The minimum absolute atomic E-state index is 0.0916. The van der Waals surface area contributed by atoms with Gasteiger partial charge in [0, 0.05) is 37.2 Å². The molecule has 174 valence electrons. The highest BCUT2D eigenvalue weighted by molar-refractivity contribution is 7.25. The van der Waals surface area contributed by atoms with E-state index >= 15 is 0 Å². The monoisotopic (exact) mass is 473 g/mol. The van der Waals surface area contributed by atoms with Gasteiger partial charge in [0.05, 0.1) is 10.2 Å². The Morgan fingerprint density at radius 3 is 2.36 bits per heavy atom. The van der Waals surface area contributed by atoms with E-state index in [9.17, 15) is 18.4 Å². The van der Waals surface area contributed by atoms with Crippen molar-refractivity contribution in [1.29, 1.82) is 0 Å². The molecule has 10 heteroatoms. The van der Waals surface area contributed by atoms with Crippen LogP contribution in [-0.2, 0) is 16.0 Å². The van der Waals surface area contributed by atoms with Crippen molar-refractivity contribution < 1.29 is 23.1 Å². The zero-order chi connectivity index (χ0) is 24.5. The third kappa shape index (κ3) is 6.07. The van der Waals surface area contributed by atoms with Crippen LogP contribution in [0.25, 0.3) is 10.2 Å². The Labute approximate surface area is 196 Å². The summed E-state index contributed by atoms with van der Waals surface area (Å²) >= 11 is 1.55. The van der Waals surface area contributed by atoms with Crippen molar-refractivity contribution in [3.63, 3.8) is 0 Å². The molecule has 3 aromatic rings. The summed E-state index contributed by atoms with van der Waals surface area (Å²) < 4.78 is 34.0. The molecule has 1 aromatic heterocycles. The van der Waals surface area contributed by atoms with Gasteiger partial charge >= 0.3 is 6.09 Å². The molecule has 6 nitrogen and oxygen atoms in total. The normalized spacial score (nSPS) is 12.5. The van der Waals surface area contributed by atoms with E-state index < -0.39 is 35.3 Å². The molecule has 0 radical (unpaired) electrons. The van der Waals surface area contributed by atoms with Crippen molar-refractivity contribution in [1.82, 2.24) is 9.88 Å². The number of amides is 2. The first-order valence-electron chi connectivity index (χ1n) is 10.4. The fourth-order valence-electron chi connectivity index (χ4n) is 3.39.